The van der Waals surface area contributed by atoms with Gasteiger partial charge >= 0.3 is 0 Å². The molecule has 0 aliphatic rings. The number of ether oxygens (including phenoxy) is 1. The zero-order valence-electron chi connectivity index (χ0n) is 7.76. The third-order valence-electron chi connectivity index (χ3n) is 1.83. The zero-order chi connectivity index (χ0) is 10.0. The number of methoxy groups -OCH3 is 1. The Kier molecular flexibility index (Phi) is 3.33. The van der Waals surface area contributed by atoms with Crippen molar-refractivity contribution in [2.75, 3.05) is 7.11 Å². The number of rotatable bonds is 2. The van der Waals surface area contributed by atoms with Crippen LogP contribution in [0.5, 0.6) is 5.75 Å². The minimum Gasteiger partial charge on any atom is -0.497 e. The van der Waals surface area contributed by atoms with Gasteiger partial charge in [0.25, 0.3) is 0 Å². The molecule has 1 aromatic rings. The van der Waals surface area contributed by atoms with Gasteiger partial charge in [-0.3, -0.25) is 0 Å². The first kappa shape index (κ1) is 10.5. The highest BCUT2D eigenvalue weighted by molar-refractivity contribution is 8.08. The highest BCUT2D eigenvalue weighted by atomic mass is 35.7. The molecular weight excluding hydrogens is 208 g/mol. The van der Waals surface area contributed by atoms with Crippen molar-refractivity contribution < 1.29 is 8.95 Å². The molecule has 0 aliphatic carbocycles. The second kappa shape index (κ2) is 4.11. The fourth-order valence-electron chi connectivity index (χ4n) is 1.28. The molecule has 0 heterocycles. The van der Waals surface area contributed by atoms with Crippen LogP contribution in [0.4, 0.5) is 0 Å². The van der Waals surface area contributed by atoms with Gasteiger partial charge in [0.15, 0.2) is 0 Å². The number of halogens is 1. The molecule has 0 radical (unpaired) electrons. The van der Waals surface area contributed by atoms with Gasteiger partial charge in [-0.2, -0.15) is 0 Å². The van der Waals surface area contributed by atoms with E-state index in [1.165, 1.54) is 0 Å². The maximum absolute atomic E-state index is 11.1. The van der Waals surface area contributed by atoms with Gasteiger partial charge in [-0.15, -0.1) is 0 Å². The molecule has 13 heavy (non-hydrogen) atoms. The first-order valence-electron chi connectivity index (χ1n) is 3.79. The Bertz CT molecular complexity index is 326. The second-order valence-electron chi connectivity index (χ2n) is 2.81. The van der Waals surface area contributed by atoms with Crippen molar-refractivity contribution >= 4 is 20.7 Å². The van der Waals surface area contributed by atoms with Crippen molar-refractivity contribution in [2.45, 2.75) is 18.7 Å². The van der Waals surface area contributed by atoms with Crippen molar-refractivity contribution in [3.63, 3.8) is 0 Å². The van der Waals surface area contributed by atoms with Crippen LogP contribution in [0.2, 0.25) is 0 Å². The van der Waals surface area contributed by atoms with Crippen LogP contribution in [0.15, 0.2) is 17.0 Å². The van der Waals surface area contributed by atoms with Crippen molar-refractivity contribution in [3.8, 4) is 5.75 Å². The summed E-state index contributed by atoms with van der Waals surface area (Å²) in [5.74, 6) is 0.765. The topological polar surface area (TPSA) is 26.3 Å². The summed E-state index contributed by atoms with van der Waals surface area (Å²) in [4.78, 5) is 0.683. The SMILES string of the molecule is COc1cc(C)c(S(=O)Cl)c(C)c1. The molecule has 0 spiro atoms. The zero-order valence-corrected chi connectivity index (χ0v) is 9.33. The van der Waals surface area contributed by atoms with Gasteiger partial charge in [0.1, 0.15) is 15.8 Å². The lowest BCUT2D eigenvalue weighted by atomic mass is 10.1. The van der Waals surface area contributed by atoms with Crippen LogP contribution in [-0.4, -0.2) is 11.3 Å². The Morgan fingerprint density at radius 3 is 2.08 bits per heavy atom. The molecule has 4 heteroatoms. The third kappa shape index (κ3) is 2.23. The minimum atomic E-state index is -1.45. The summed E-state index contributed by atoms with van der Waals surface area (Å²) in [6.07, 6.45) is 0. The monoisotopic (exact) mass is 218 g/mol. The summed E-state index contributed by atoms with van der Waals surface area (Å²) < 4.78 is 16.2. The fourth-order valence-corrected chi connectivity index (χ4v) is 2.64. The molecule has 2 nitrogen and oxygen atoms in total. The molecule has 1 unspecified atom stereocenters. The largest absolute Gasteiger partial charge is 0.497 e. The van der Waals surface area contributed by atoms with Crippen molar-refractivity contribution in [1.29, 1.82) is 0 Å². The summed E-state index contributed by atoms with van der Waals surface area (Å²) in [5.41, 5.74) is 1.79. The Morgan fingerprint density at radius 1 is 1.31 bits per heavy atom. The van der Waals surface area contributed by atoms with Gasteiger partial charge in [0.05, 0.1) is 12.0 Å². The van der Waals surface area contributed by atoms with Gasteiger partial charge in [-0.1, -0.05) is 0 Å². The summed E-state index contributed by atoms with van der Waals surface area (Å²) >= 11 is 0. The van der Waals surface area contributed by atoms with E-state index in [0.717, 1.165) is 16.9 Å². The lowest BCUT2D eigenvalue weighted by molar-refractivity contribution is 0.413. The van der Waals surface area contributed by atoms with E-state index in [2.05, 4.69) is 0 Å². The molecule has 0 saturated heterocycles. The Labute approximate surface area is 84.8 Å². The van der Waals surface area contributed by atoms with Crippen LogP contribution in [0, 0.1) is 13.8 Å². The van der Waals surface area contributed by atoms with Crippen molar-refractivity contribution in [2.24, 2.45) is 0 Å². The predicted octanol–water partition coefficient (Wildman–Crippen LogP) is 2.57. The van der Waals surface area contributed by atoms with Crippen LogP contribution in [-0.2, 0) is 10.0 Å². The second-order valence-corrected chi connectivity index (χ2v) is 4.51. The van der Waals surface area contributed by atoms with Crippen LogP contribution < -0.4 is 4.74 Å². The average molecular weight is 219 g/mol. The number of hydrogen-bond acceptors (Lipinski definition) is 2. The predicted molar refractivity (Wildman–Crippen MR) is 54.7 cm³/mol. The quantitative estimate of drug-likeness (QED) is 0.714. The first-order valence-corrected chi connectivity index (χ1v) is 5.77. The van der Waals surface area contributed by atoms with E-state index in [0.29, 0.717) is 4.90 Å². The molecule has 1 rings (SSSR count). The number of benzene rings is 1. The Hall–Kier alpha value is -0.540. The molecule has 1 aromatic carbocycles. The van der Waals surface area contributed by atoms with Crippen molar-refractivity contribution in [3.05, 3.63) is 23.3 Å². The molecule has 0 N–H and O–H groups in total. The fraction of sp³-hybridized carbons (Fsp3) is 0.333. The van der Waals surface area contributed by atoms with E-state index in [9.17, 15) is 4.21 Å². The van der Waals surface area contributed by atoms with Gasteiger partial charge in [-0.25, -0.2) is 4.21 Å². The average Bonchev–Trinajstić information content (AvgIpc) is 2.02. The van der Waals surface area contributed by atoms with E-state index >= 15 is 0 Å². The highest BCUT2D eigenvalue weighted by Gasteiger charge is 2.09. The molecule has 0 fully saturated rings. The van der Waals surface area contributed by atoms with Gasteiger partial charge in [-0.05, 0) is 47.8 Å². The summed E-state index contributed by atoms with van der Waals surface area (Å²) in [6, 6.07) is 3.64. The van der Waals surface area contributed by atoms with Gasteiger partial charge < -0.3 is 4.74 Å². The van der Waals surface area contributed by atoms with E-state index in [-0.39, 0.29) is 0 Å². The van der Waals surface area contributed by atoms with Crippen molar-refractivity contribution in [1.82, 2.24) is 0 Å². The highest BCUT2D eigenvalue weighted by Crippen LogP contribution is 2.25. The maximum Gasteiger partial charge on any atom is 0.148 e. The normalized spacial score (nSPS) is 12.6. The molecule has 0 saturated carbocycles. The van der Waals surface area contributed by atoms with Crippen LogP contribution in [0.1, 0.15) is 11.1 Å². The minimum absolute atomic E-state index is 0.683. The Morgan fingerprint density at radius 2 is 1.77 bits per heavy atom. The van der Waals surface area contributed by atoms with Crippen LogP contribution in [0.25, 0.3) is 0 Å². The maximum atomic E-state index is 11.1. The molecule has 0 aromatic heterocycles. The lowest BCUT2D eigenvalue weighted by Crippen LogP contribution is -1.94. The van der Waals surface area contributed by atoms with E-state index in [1.54, 1.807) is 7.11 Å². The summed E-state index contributed by atoms with van der Waals surface area (Å²) in [5, 5.41) is 0. The van der Waals surface area contributed by atoms with Crippen LogP contribution in [0.3, 0.4) is 0 Å². The lowest BCUT2D eigenvalue weighted by Gasteiger charge is -2.08. The van der Waals surface area contributed by atoms with Crippen LogP contribution >= 0.6 is 10.7 Å². The molecule has 0 aliphatic heterocycles. The molecule has 0 bridgehead atoms. The molecule has 0 amide bonds. The summed E-state index contributed by atoms with van der Waals surface area (Å²) in [6.45, 7) is 3.73. The number of hydrogen-bond donors (Lipinski definition) is 0. The van der Waals surface area contributed by atoms with E-state index in [4.69, 9.17) is 15.4 Å². The van der Waals surface area contributed by atoms with E-state index < -0.39 is 10.0 Å². The first-order chi connectivity index (χ1) is 6.06. The Balaban J connectivity index is 3.31. The third-order valence-corrected chi connectivity index (χ3v) is 3.26. The number of aryl methyl sites for hydroxylation is 2. The van der Waals surface area contributed by atoms with Gasteiger partial charge in [0.2, 0.25) is 0 Å². The molecule has 1 atom stereocenters. The standard InChI is InChI=1S/C9H11ClO2S/c1-6-4-8(12-3)5-7(2)9(6)13(10)11/h4-5H,1-3H3. The molecular formula is C9H11ClO2S. The van der Waals surface area contributed by atoms with E-state index in [1.807, 2.05) is 26.0 Å². The molecule has 72 valence electrons. The smallest absolute Gasteiger partial charge is 0.148 e. The summed E-state index contributed by atoms with van der Waals surface area (Å²) in [7, 11) is 5.70. The van der Waals surface area contributed by atoms with Gasteiger partial charge in [0, 0.05) is 0 Å².